The van der Waals surface area contributed by atoms with Gasteiger partial charge >= 0.3 is 6.18 Å². The molecule has 0 radical (unpaired) electrons. The molecular weight excluding hydrogens is 347 g/mol. The lowest BCUT2D eigenvalue weighted by molar-refractivity contribution is -0.139. The number of hydrogen-bond donors (Lipinski definition) is 0. The maximum absolute atomic E-state index is 13.1. The van der Waals surface area contributed by atoms with E-state index in [2.05, 4.69) is 10.1 Å². The van der Waals surface area contributed by atoms with E-state index in [1.807, 2.05) is 20.8 Å². The molecule has 5 nitrogen and oxygen atoms in total. The zero-order valence-corrected chi connectivity index (χ0v) is 14.8. The number of carbonyl (C=O) groups is 1. The van der Waals surface area contributed by atoms with Gasteiger partial charge in [0.15, 0.2) is 5.82 Å². The molecule has 140 valence electrons. The standard InChI is InChI=1S/C18H20F3N3O2/c1-17(2,3)16-22-15(26-23-16)12-8-14(25)24(10-12)9-11-6-4-5-7-13(11)18(19,20)21/h4-7,12H,8-10H2,1-3H3. The maximum atomic E-state index is 13.1. The first kappa shape index (κ1) is 18.4. The number of nitrogens with zero attached hydrogens (tertiary/aromatic N) is 3. The molecule has 0 N–H and O–H groups in total. The highest BCUT2D eigenvalue weighted by Gasteiger charge is 2.38. The van der Waals surface area contributed by atoms with Gasteiger partial charge in [-0.15, -0.1) is 0 Å². The number of alkyl halides is 3. The Kier molecular flexibility index (Phi) is 4.54. The molecule has 1 aromatic heterocycles. The van der Waals surface area contributed by atoms with E-state index in [4.69, 9.17) is 4.52 Å². The van der Waals surface area contributed by atoms with Gasteiger partial charge in [-0.2, -0.15) is 18.2 Å². The summed E-state index contributed by atoms with van der Waals surface area (Å²) in [6.07, 6.45) is -4.30. The summed E-state index contributed by atoms with van der Waals surface area (Å²) < 4.78 is 44.7. The lowest BCUT2D eigenvalue weighted by Crippen LogP contribution is -2.26. The van der Waals surface area contributed by atoms with E-state index in [1.54, 1.807) is 0 Å². The van der Waals surface area contributed by atoms with E-state index < -0.39 is 11.7 Å². The zero-order valence-electron chi connectivity index (χ0n) is 14.8. The molecule has 26 heavy (non-hydrogen) atoms. The highest BCUT2D eigenvalue weighted by Crippen LogP contribution is 2.34. The fraction of sp³-hybridized carbons (Fsp3) is 0.500. The number of likely N-dealkylation sites (tertiary alicyclic amines) is 1. The average Bonchev–Trinajstić information content (AvgIpc) is 3.14. The molecule has 0 aliphatic carbocycles. The molecule has 0 spiro atoms. The van der Waals surface area contributed by atoms with Crippen LogP contribution in [0.4, 0.5) is 13.2 Å². The molecule has 0 saturated carbocycles. The summed E-state index contributed by atoms with van der Waals surface area (Å²) in [5, 5.41) is 3.95. The minimum atomic E-state index is -4.45. The predicted octanol–water partition coefficient (Wildman–Crippen LogP) is 3.90. The van der Waals surface area contributed by atoms with Crippen LogP contribution >= 0.6 is 0 Å². The third-order valence-electron chi connectivity index (χ3n) is 4.36. The van der Waals surface area contributed by atoms with Gasteiger partial charge in [-0.25, -0.2) is 0 Å². The third kappa shape index (κ3) is 3.73. The Hall–Kier alpha value is -2.38. The van der Waals surface area contributed by atoms with Gasteiger partial charge in [-0.05, 0) is 11.6 Å². The maximum Gasteiger partial charge on any atom is 0.416 e. The first-order valence-corrected chi connectivity index (χ1v) is 8.32. The van der Waals surface area contributed by atoms with Crippen molar-refractivity contribution in [3.05, 3.63) is 47.1 Å². The Balaban J connectivity index is 1.76. The highest BCUT2D eigenvalue weighted by molar-refractivity contribution is 5.79. The first-order valence-electron chi connectivity index (χ1n) is 8.32. The van der Waals surface area contributed by atoms with Gasteiger partial charge in [-0.3, -0.25) is 4.79 Å². The first-order chi connectivity index (χ1) is 12.1. The highest BCUT2D eigenvalue weighted by atomic mass is 19.4. The van der Waals surface area contributed by atoms with E-state index in [0.717, 1.165) is 6.07 Å². The molecule has 1 amide bonds. The third-order valence-corrected chi connectivity index (χ3v) is 4.36. The topological polar surface area (TPSA) is 59.2 Å². The monoisotopic (exact) mass is 367 g/mol. The number of aromatic nitrogens is 2. The van der Waals surface area contributed by atoms with E-state index in [1.165, 1.54) is 23.1 Å². The molecule has 1 aliphatic rings. The van der Waals surface area contributed by atoms with Crippen molar-refractivity contribution >= 4 is 5.91 Å². The summed E-state index contributed by atoms with van der Waals surface area (Å²) in [5.41, 5.74) is -0.922. The smallest absolute Gasteiger partial charge is 0.339 e. The van der Waals surface area contributed by atoms with Crippen LogP contribution < -0.4 is 0 Å². The van der Waals surface area contributed by atoms with Gasteiger partial charge in [0.05, 0.1) is 11.5 Å². The van der Waals surface area contributed by atoms with Crippen LogP contribution in [0.3, 0.4) is 0 Å². The van der Waals surface area contributed by atoms with Crippen LogP contribution in [-0.4, -0.2) is 27.5 Å². The number of rotatable bonds is 3. The fourth-order valence-corrected chi connectivity index (χ4v) is 2.94. The molecule has 8 heteroatoms. The Morgan fingerprint density at radius 1 is 1.23 bits per heavy atom. The number of benzene rings is 1. The molecule has 0 bridgehead atoms. The summed E-state index contributed by atoms with van der Waals surface area (Å²) in [7, 11) is 0. The van der Waals surface area contributed by atoms with Crippen molar-refractivity contribution < 1.29 is 22.5 Å². The molecule has 1 atom stereocenters. The van der Waals surface area contributed by atoms with Gasteiger partial charge in [0.25, 0.3) is 0 Å². The van der Waals surface area contributed by atoms with Crippen molar-refractivity contribution in [3.63, 3.8) is 0 Å². The van der Waals surface area contributed by atoms with Crippen molar-refractivity contribution in [1.29, 1.82) is 0 Å². The van der Waals surface area contributed by atoms with Gasteiger partial charge in [0.2, 0.25) is 11.8 Å². The normalized spacial score (nSPS) is 18.6. The quantitative estimate of drug-likeness (QED) is 0.826. The number of carbonyl (C=O) groups excluding carboxylic acids is 1. The van der Waals surface area contributed by atoms with E-state index in [9.17, 15) is 18.0 Å². The van der Waals surface area contributed by atoms with Crippen LogP contribution in [0.25, 0.3) is 0 Å². The average molecular weight is 367 g/mol. The Morgan fingerprint density at radius 3 is 2.54 bits per heavy atom. The molecule has 2 aromatic rings. The SMILES string of the molecule is CC(C)(C)c1noc(C2CC(=O)N(Cc3ccccc3C(F)(F)F)C2)n1. The van der Waals surface area contributed by atoms with E-state index in [0.29, 0.717) is 11.7 Å². The lowest BCUT2D eigenvalue weighted by atomic mass is 9.96. The van der Waals surface area contributed by atoms with Crippen molar-refractivity contribution in [2.75, 3.05) is 6.54 Å². The van der Waals surface area contributed by atoms with E-state index in [-0.39, 0.29) is 42.3 Å². The molecule has 3 rings (SSSR count). The molecule has 1 fully saturated rings. The van der Waals surface area contributed by atoms with Gasteiger partial charge in [-0.1, -0.05) is 44.1 Å². The fourth-order valence-electron chi connectivity index (χ4n) is 2.94. The zero-order chi connectivity index (χ0) is 19.1. The van der Waals surface area contributed by atoms with Crippen molar-refractivity contribution in [1.82, 2.24) is 15.0 Å². The molecular formula is C18H20F3N3O2. The Morgan fingerprint density at radius 2 is 1.92 bits per heavy atom. The van der Waals surface area contributed by atoms with Crippen LogP contribution in [0.15, 0.2) is 28.8 Å². The van der Waals surface area contributed by atoms with Crippen LogP contribution in [0, 0.1) is 0 Å². The summed E-state index contributed by atoms with van der Waals surface area (Å²) in [5.74, 6) is 0.377. The van der Waals surface area contributed by atoms with Gasteiger partial charge < -0.3 is 9.42 Å². The second-order valence-electron chi connectivity index (χ2n) is 7.54. The Bertz CT molecular complexity index is 808. The minimum Gasteiger partial charge on any atom is -0.339 e. The molecule has 1 saturated heterocycles. The number of hydrogen-bond acceptors (Lipinski definition) is 4. The molecule has 1 aliphatic heterocycles. The number of amides is 1. The second kappa shape index (κ2) is 6.41. The second-order valence-corrected chi connectivity index (χ2v) is 7.54. The van der Waals surface area contributed by atoms with Crippen LogP contribution in [0.2, 0.25) is 0 Å². The molecule has 1 unspecified atom stereocenters. The van der Waals surface area contributed by atoms with Crippen LogP contribution in [-0.2, 0) is 22.9 Å². The van der Waals surface area contributed by atoms with Crippen molar-refractivity contribution in [2.45, 2.75) is 51.2 Å². The van der Waals surface area contributed by atoms with Crippen LogP contribution in [0.5, 0.6) is 0 Å². The molecule has 2 heterocycles. The minimum absolute atomic E-state index is 0.0786. The number of halogens is 3. The van der Waals surface area contributed by atoms with Crippen molar-refractivity contribution in [3.8, 4) is 0 Å². The largest absolute Gasteiger partial charge is 0.416 e. The Labute approximate surface area is 149 Å². The van der Waals surface area contributed by atoms with Crippen LogP contribution in [0.1, 0.15) is 56.0 Å². The summed E-state index contributed by atoms with van der Waals surface area (Å²) >= 11 is 0. The summed E-state index contributed by atoms with van der Waals surface area (Å²) in [6.45, 7) is 6.01. The van der Waals surface area contributed by atoms with Gasteiger partial charge in [0, 0.05) is 24.9 Å². The van der Waals surface area contributed by atoms with Crippen molar-refractivity contribution in [2.24, 2.45) is 0 Å². The molecule has 1 aromatic carbocycles. The predicted molar refractivity (Wildman–Crippen MR) is 87.2 cm³/mol. The van der Waals surface area contributed by atoms with E-state index >= 15 is 0 Å². The summed E-state index contributed by atoms with van der Waals surface area (Å²) in [6, 6.07) is 5.30. The van der Waals surface area contributed by atoms with Gasteiger partial charge in [0.1, 0.15) is 0 Å². The summed E-state index contributed by atoms with van der Waals surface area (Å²) in [4.78, 5) is 18.1. The lowest BCUT2D eigenvalue weighted by Gasteiger charge is -2.19.